The molecule has 0 aliphatic carbocycles. The number of hydrogen-bond acceptors (Lipinski definition) is 5. The van der Waals surface area contributed by atoms with Crippen LogP contribution in [0.3, 0.4) is 0 Å². The standard InChI is InChI=1S/C15H19ClN4O3S/c1-24(22,23)18-12-4-6-19(7-5-12)10-13-8-15(21)20-9-11(16)2-3-14(20)17-13/h2-3,8-9,12,18H,4-7,10H2,1H3. The molecule has 3 heterocycles. The number of nitrogens with zero attached hydrogens (tertiary/aromatic N) is 3. The second kappa shape index (κ2) is 6.79. The minimum absolute atomic E-state index is 0.0198. The van der Waals surface area contributed by atoms with Crippen molar-refractivity contribution in [1.82, 2.24) is 19.0 Å². The first-order valence-electron chi connectivity index (χ1n) is 7.68. The lowest BCUT2D eigenvalue weighted by atomic mass is 10.1. The first kappa shape index (κ1) is 17.3. The molecule has 1 fully saturated rings. The van der Waals surface area contributed by atoms with Crippen molar-refractivity contribution < 1.29 is 8.42 Å². The van der Waals surface area contributed by atoms with Gasteiger partial charge in [0.2, 0.25) is 10.0 Å². The van der Waals surface area contributed by atoms with Crippen LogP contribution in [0.5, 0.6) is 0 Å². The zero-order valence-corrected chi connectivity index (χ0v) is 14.8. The number of hydrogen-bond donors (Lipinski definition) is 1. The number of sulfonamides is 1. The van der Waals surface area contributed by atoms with E-state index in [9.17, 15) is 13.2 Å². The summed E-state index contributed by atoms with van der Waals surface area (Å²) in [6.45, 7) is 2.09. The lowest BCUT2D eigenvalue weighted by molar-refractivity contribution is 0.198. The monoisotopic (exact) mass is 370 g/mol. The molecule has 2 aromatic rings. The Hall–Kier alpha value is -1.48. The van der Waals surface area contributed by atoms with E-state index in [-0.39, 0.29) is 11.6 Å². The normalized spacial score (nSPS) is 17.4. The molecule has 0 bridgehead atoms. The average Bonchev–Trinajstić information content (AvgIpc) is 2.49. The molecule has 3 rings (SSSR count). The quantitative estimate of drug-likeness (QED) is 0.863. The Morgan fingerprint density at radius 3 is 2.71 bits per heavy atom. The summed E-state index contributed by atoms with van der Waals surface area (Å²) in [7, 11) is -3.17. The van der Waals surface area contributed by atoms with Gasteiger partial charge in [-0.3, -0.25) is 14.1 Å². The lowest BCUT2D eigenvalue weighted by Gasteiger charge is -2.31. The van der Waals surface area contributed by atoms with Crippen LogP contribution >= 0.6 is 11.6 Å². The SMILES string of the molecule is CS(=O)(=O)NC1CCN(Cc2cc(=O)n3cc(Cl)ccc3n2)CC1. The van der Waals surface area contributed by atoms with E-state index in [4.69, 9.17) is 11.6 Å². The maximum atomic E-state index is 12.2. The van der Waals surface area contributed by atoms with Crippen LogP contribution in [-0.4, -0.2) is 48.1 Å². The predicted octanol–water partition coefficient (Wildman–Crippen LogP) is 0.861. The summed E-state index contributed by atoms with van der Waals surface area (Å²) >= 11 is 5.90. The molecule has 0 amide bonds. The van der Waals surface area contributed by atoms with Crippen LogP contribution in [0.2, 0.25) is 5.02 Å². The Labute approximate surface area is 145 Å². The van der Waals surface area contributed by atoms with E-state index in [0.717, 1.165) is 25.9 Å². The number of pyridine rings is 1. The molecule has 24 heavy (non-hydrogen) atoms. The van der Waals surface area contributed by atoms with Gasteiger partial charge in [-0.2, -0.15) is 0 Å². The number of nitrogens with one attached hydrogen (secondary N) is 1. The summed E-state index contributed by atoms with van der Waals surface area (Å²) in [6.07, 6.45) is 4.22. The fraction of sp³-hybridized carbons (Fsp3) is 0.467. The fourth-order valence-electron chi connectivity index (χ4n) is 2.95. The largest absolute Gasteiger partial charge is 0.297 e. The van der Waals surface area contributed by atoms with Gasteiger partial charge in [0.1, 0.15) is 5.65 Å². The van der Waals surface area contributed by atoms with Gasteiger partial charge in [-0.25, -0.2) is 18.1 Å². The summed E-state index contributed by atoms with van der Waals surface area (Å²) in [5, 5.41) is 0.486. The topological polar surface area (TPSA) is 83.8 Å². The lowest BCUT2D eigenvalue weighted by Crippen LogP contribution is -2.44. The van der Waals surface area contributed by atoms with Crippen molar-refractivity contribution in [2.45, 2.75) is 25.4 Å². The van der Waals surface area contributed by atoms with Gasteiger partial charge in [0, 0.05) is 37.9 Å². The van der Waals surface area contributed by atoms with Gasteiger partial charge in [-0.05, 0) is 25.0 Å². The van der Waals surface area contributed by atoms with Gasteiger partial charge in [0.25, 0.3) is 5.56 Å². The van der Waals surface area contributed by atoms with Crippen LogP contribution in [0, 0.1) is 0 Å². The van der Waals surface area contributed by atoms with Crippen molar-refractivity contribution in [2.75, 3.05) is 19.3 Å². The van der Waals surface area contributed by atoms with Gasteiger partial charge >= 0.3 is 0 Å². The number of rotatable bonds is 4. The van der Waals surface area contributed by atoms with E-state index in [0.29, 0.717) is 22.9 Å². The molecule has 0 radical (unpaired) electrons. The Kier molecular flexibility index (Phi) is 4.91. The molecule has 1 N–H and O–H groups in total. The Balaban J connectivity index is 1.68. The maximum Gasteiger partial charge on any atom is 0.258 e. The van der Waals surface area contributed by atoms with Crippen LogP contribution in [-0.2, 0) is 16.6 Å². The smallest absolute Gasteiger partial charge is 0.258 e. The van der Waals surface area contributed by atoms with Crippen LogP contribution in [0.15, 0.2) is 29.2 Å². The molecule has 9 heteroatoms. The van der Waals surface area contributed by atoms with Crippen molar-refractivity contribution in [3.8, 4) is 0 Å². The van der Waals surface area contributed by atoms with Crippen LogP contribution in [0.1, 0.15) is 18.5 Å². The molecular weight excluding hydrogens is 352 g/mol. The molecule has 1 aliphatic rings. The average molecular weight is 371 g/mol. The summed E-state index contributed by atoms with van der Waals surface area (Å²) in [6, 6.07) is 4.92. The highest BCUT2D eigenvalue weighted by atomic mass is 35.5. The molecule has 7 nitrogen and oxygen atoms in total. The van der Waals surface area contributed by atoms with Gasteiger partial charge in [-0.15, -0.1) is 0 Å². The molecule has 1 saturated heterocycles. The number of aromatic nitrogens is 2. The molecule has 2 aromatic heterocycles. The minimum atomic E-state index is -3.17. The first-order chi connectivity index (χ1) is 11.3. The summed E-state index contributed by atoms with van der Waals surface area (Å²) < 4.78 is 26.6. The molecule has 130 valence electrons. The second-order valence-electron chi connectivity index (χ2n) is 6.10. The van der Waals surface area contributed by atoms with Crippen LogP contribution < -0.4 is 10.3 Å². The second-order valence-corrected chi connectivity index (χ2v) is 8.32. The highest BCUT2D eigenvalue weighted by molar-refractivity contribution is 7.88. The Bertz CT molecular complexity index is 905. The highest BCUT2D eigenvalue weighted by Gasteiger charge is 2.22. The van der Waals surface area contributed by atoms with Crippen molar-refractivity contribution in [3.63, 3.8) is 0 Å². The first-order valence-corrected chi connectivity index (χ1v) is 9.94. The molecular formula is C15H19ClN4O3S. The van der Waals surface area contributed by atoms with Crippen LogP contribution in [0.4, 0.5) is 0 Å². The Morgan fingerprint density at radius 1 is 1.33 bits per heavy atom. The van der Waals surface area contributed by atoms with E-state index < -0.39 is 10.0 Å². The molecule has 0 saturated carbocycles. The highest BCUT2D eigenvalue weighted by Crippen LogP contribution is 2.14. The number of piperidine rings is 1. The van der Waals surface area contributed by atoms with E-state index in [2.05, 4.69) is 14.6 Å². The zero-order valence-electron chi connectivity index (χ0n) is 13.3. The van der Waals surface area contributed by atoms with Crippen LogP contribution in [0.25, 0.3) is 5.65 Å². The third-order valence-corrected chi connectivity index (χ3v) is 5.02. The van der Waals surface area contributed by atoms with Gasteiger partial charge in [0.15, 0.2) is 0 Å². The predicted molar refractivity (Wildman–Crippen MR) is 92.8 cm³/mol. The van der Waals surface area contributed by atoms with E-state index >= 15 is 0 Å². The molecule has 0 atom stereocenters. The maximum absolute atomic E-state index is 12.2. The van der Waals surface area contributed by atoms with Crippen molar-refractivity contribution >= 4 is 27.3 Å². The van der Waals surface area contributed by atoms with E-state index in [1.165, 1.54) is 16.7 Å². The van der Waals surface area contributed by atoms with E-state index in [1.54, 1.807) is 18.3 Å². The summed E-state index contributed by atoms with van der Waals surface area (Å²) in [5.41, 5.74) is 1.11. The zero-order chi connectivity index (χ0) is 17.3. The summed E-state index contributed by atoms with van der Waals surface area (Å²) in [5.74, 6) is 0. The number of halogens is 1. The number of likely N-dealkylation sites (tertiary alicyclic amines) is 1. The van der Waals surface area contributed by atoms with Gasteiger partial charge in [-0.1, -0.05) is 11.6 Å². The molecule has 0 spiro atoms. The van der Waals surface area contributed by atoms with Gasteiger partial charge in [0.05, 0.1) is 17.0 Å². The molecule has 0 aromatic carbocycles. The fourth-order valence-corrected chi connectivity index (χ4v) is 3.95. The minimum Gasteiger partial charge on any atom is -0.297 e. The van der Waals surface area contributed by atoms with Gasteiger partial charge < -0.3 is 0 Å². The van der Waals surface area contributed by atoms with Crippen molar-refractivity contribution in [3.05, 3.63) is 45.5 Å². The molecule has 0 unspecified atom stereocenters. The third-order valence-electron chi connectivity index (χ3n) is 4.03. The van der Waals surface area contributed by atoms with Crippen molar-refractivity contribution in [2.24, 2.45) is 0 Å². The van der Waals surface area contributed by atoms with E-state index in [1.807, 2.05) is 0 Å². The Morgan fingerprint density at radius 2 is 2.04 bits per heavy atom. The third kappa shape index (κ3) is 4.32. The summed E-state index contributed by atoms with van der Waals surface area (Å²) in [4.78, 5) is 18.8. The molecule has 1 aliphatic heterocycles. The number of fused-ring (bicyclic) bond motifs is 1. The van der Waals surface area contributed by atoms with Crippen molar-refractivity contribution in [1.29, 1.82) is 0 Å².